The smallest absolute Gasteiger partial charge is 0 e. The molecule has 0 N–H and O–H groups in total. The summed E-state index contributed by atoms with van der Waals surface area (Å²) in [6.45, 7) is 9.36. The van der Waals surface area contributed by atoms with E-state index in [9.17, 15) is 0 Å². The van der Waals surface area contributed by atoms with E-state index in [2.05, 4.69) is 64.1 Å². The first kappa shape index (κ1) is 15.9. The van der Waals surface area contributed by atoms with Crippen LogP contribution in [0.5, 0.6) is 0 Å². The topological polar surface area (TPSA) is 0 Å². The standard InChI is InChI=1S/C19H20.Y/c1-18(2)13-19(3,4)17-12-8-6-10-15(17)14-9-5-7-11-16(14)18;/h5-8,11-12H,13H2,1-4H3;/q-2;. The predicted octanol–water partition coefficient (Wildman–Crippen LogP) is 4.91. The molecule has 0 aromatic heterocycles. The molecule has 0 unspecified atom stereocenters. The van der Waals surface area contributed by atoms with Crippen molar-refractivity contribution in [2.75, 3.05) is 0 Å². The fourth-order valence-corrected chi connectivity index (χ4v) is 3.71. The maximum atomic E-state index is 3.45. The van der Waals surface area contributed by atoms with Crippen LogP contribution in [0.4, 0.5) is 0 Å². The molecule has 1 radical (unpaired) electrons. The molecular formula is C19H20Y-2. The Hall–Kier alpha value is -0.456. The van der Waals surface area contributed by atoms with Gasteiger partial charge >= 0.3 is 0 Å². The van der Waals surface area contributed by atoms with Crippen LogP contribution in [0.1, 0.15) is 45.2 Å². The Morgan fingerprint density at radius 3 is 1.60 bits per heavy atom. The molecule has 1 heteroatoms. The molecule has 3 rings (SSSR count). The molecule has 101 valence electrons. The van der Waals surface area contributed by atoms with Crippen LogP contribution in [0.15, 0.2) is 36.4 Å². The predicted molar refractivity (Wildman–Crippen MR) is 80.2 cm³/mol. The third-order valence-corrected chi connectivity index (χ3v) is 4.30. The number of rotatable bonds is 0. The Balaban J connectivity index is 0.00000147. The van der Waals surface area contributed by atoms with Gasteiger partial charge in [0.1, 0.15) is 0 Å². The second-order valence-electron chi connectivity index (χ2n) is 6.86. The summed E-state index contributed by atoms with van der Waals surface area (Å²) in [7, 11) is 0. The number of hydrogen-bond acceptors (Lipinski definition) is 0. The van der Waals surface area contributed by atoms with Gasteiger partial charge in [0, 0.05) is 32.7 Å². The van der Waals surface area contributed by atoms with E-state index in [1.165, 1.54) is 22.3 Å². The van der Waals surface area contributed by atoms with Gasteiger partial charge in [-0.25, -0.2) is 11.1 Å². The molecular weight excluding hydrogens is 317 g/mol. The molecule has 0 saturated heterocycles. The van der Waals surface area contributed by atoms with Crippen molar-refractivity contribution < 1.29 is 32.7 Å². The molecule has 0 saturated carbocycles. The van der Waals surface area contributed by atoms with E-state index in [0.717, 1.165) is 6.42 Å². The largest absolute Gasteiger partial charge is 0.222 e. The molecule has 0 fully saturated rings. The second-order valence-corrected chi connectivity index (χ2v) is 6.86. The first-order valence-corrected chi connectivity index (χ1v) is 6.95. The van der Waals surface area contributed by atoms with E-state index in [-0.39, 0.29) is 43.5 Å². The molecule has 2 aromatic rings. The number of fused-ring (bicyclic) bond motifs is 3. The molecule has 0 nitrogen and oxygen atoms in total. The van der Waals surface area contributed by atoms with Crippen LogP contribution in [-0.4, -0.2) is 0 Å². The van der Waals surface area contributed by atoms with Gasteiger partial charge < -0.3 is 0 Å². The normalized spacial score (nSPS) is 18.2. The summed E-state index contributed by atoms with van der Waals surface area (Å²) in [4.78, 5) is 0. The number of benzene rings is 2. The average Bonchev–Trinajstić information content (AvgIpc) is 2.43. The van der Waals surface area contributed by atoms with Gasteiger partial charge in [0.15, 0.2) is 0 Å². The first-order valence-electron chi connectivity index (χ1n) is 6.95. The van der Waals surface area contributed by atoms with E-state index >= 15 is 0 Å². The van der Waals surface area contributed by atoms with Crippen molar-refractivity contribution in [3.8, 4) is 11.1 Å². The molecule has 20 heavy (non-hydrogen) atoms. The van der Waals surface area contributed by atoms with Gasteiger partial charge in [-0.05, 0) is 0 Å². The minimum atomic E-state index is 0. The SMILES string of the molecule is CC1(C)CC(C)(C)c2ccc[c-]c2-c2[c-]cccc21.[Y]. The Morgan fingerprint density at radius 1 is 0.800 bits per heavy atom. The molecule has 2 aromatic carbocycles. The minimum Gasteiger partial charge on any atom is -0.222 e. The van der Waals surface area contributed by atoms with E-state index in [1.54, 1.807) is 0 Å². The van der Waals surface area contributed by atoms with E-state index in [0.29, 0.717) is 0 Å². The quantitative estimate of drug-likeness (QED) is 0.599. The van der Waals surface area contributed by atoms with Crippen molar-refractivity contribution in [1.82, 2.24) is 0 Å². The summed E-state index contributed by atoms with van der Waals surface area (Å²) in [5.41, 5.74) is 5.56. The van der Waals surface area contributed by atoms with Crippen LogP contribution >= 0.6 is 0 Å². The zero-order valence-corrected chi connectivity index (χ0v) is 15.6. The van der Waals surface area contributed by atoms with E-state index in [4.69, 9.17) is 0 Å². The maximum absolute atomic E-state index is 3.45. The summed E-state index contributed by atoms with van der Waals surface area (Å²) in [5.74, 6) is 0. The van der Waals surface area contributed by atoms with Gasteiger partial charge in [-0.15, -0.1) is 12.1 Å². The maximum Gasteiger partial charge on any atom is 0 e. The fourth-order valence-electron chi connectivity index (χ4n) is 3.71. The summed E-state index contributed by atoms with van der Waals surface area (Å²) in [5, 5.41) is 0. The number of hydrogen-bond donors (Lipinski definition) is 0. The zero-order chi connectivity index (χ0) is 13.7. The summed E-state index contributed by atoms with van der Waals surface area (Å²) in [6.07, 6.45) is 1.13. The van der Waals surface area contributed by atoms with Crippen LogP contribution in [0, 0.1) is 12.1 Å². The van der Waals surface area contributed by atoms with Crippen molar-refractivity contribution in [1.29, 1.82) is 0 Å². The summed E-state index contributed by atoms with van der Waals surface area (Å²) < 4.78 is 0. The van der Waals surface area contributed by atoms with Crippen molar-refractivity contribution >= 4 is 0 Å². The Bertz CT molecular complexity index is 568. The average molecular weight is 337 g/mol. The van der Waals surface area contributed by atoms with Crippen LogP contribution in [0.3, 0.4) is 0 Å². The molecule has 0 spiro atoms. The molecule has 0 heterocycles. The third-order valence-electron chi connectivity index (χ3n) is 4.30. The molecule has 1 aliphatic carbocycles. The molecule has 0 atom stereocenters. The molecule has 0 amide bonds. The van der Waals surface area contributed by atoms with Crippen LogP contribution in [-0.2, 0) is 43.5 Å². The van der Waals surface area contributed by atoms with Gasteiger partial charge in [0.2, 0.25) is 0 Å². The second kappa shape index (κ2) is 5.39. The van der Waals surface area contributed by atoms with Gasteiger partial charge in [0.25, 0.3) is 0 Å². The van der Waals surface area contributed by atoms with Gasteiger partial charge in [-0.2, -0.15) is 47.5 Å². The fraction of sp³-hybridized carbons (Fsp3) is 0.368. The summed E-state index contributed by atoms with van der Waals surface area (Å²) >= 11 is 0. The van der Waals surface area contributed by atoms with Crippen molar-refractivity contribution in [2.24, 2.45) is 0 Å². The van der Waals surface area contributed by atoms with Crippen molar-refractivity contribution in [3.05, 3.63) is 59.7 Å². The first-order chi connectivity index (χ1) is 8.92. The summed E-state index contributed by atoms with van der Waals surface area (Å²) in [6, 6.07) is 19.6. The Kier molecular flexibility index (Phi) is 4.29. The van der Waals surface area contributed by atoms with Crippen LogP contribution in [0.2, 0.25) is 0 Å². The van der Waals surface area contributed by atoms with Crippen LogP contribution < -0.4 is 0 Å². The third kappa shape index (κ3) is 2.53. The molecule has 0 bridgehead atoms. The Morgan fingerprint density at radius 2 is 1.20 bits per heavy atom. The zero-order valence-electron chi connectivity index (χ0n) is 12.7. The van der Waals surface area contributed by atoms with Crippen molar-refractivity contribution in [3.63, 3.8) is 0 Å². The van der Waals surface area contributed by atoms with E-state index in [1.807, 2.05) is 12.1 Å². The Labute approximate surface area is 147 Å². The molecule has 0 aliphatic heterocycles. The van der Waals surface area contributed by atoms with Crippen LogP contribution in [0.25, 0.3) is 11.1 Å². The van der Waals surface area contributed by atoms with Gasteiger partial charge in [-0.3, -0.25) is 0 Å². The van der Waals surface area contributed by atoms with Gasteiger partial charge in [0.05, 0.1) is 0 Å². The van der Waals surface area contributed by atoms with Gasteiger partial charge in [-0.1, -0.05) is 44.9 Å². The minimum absolute atomic E-state index is 0. The van der Waals surface area contributed by atoms with E-state index < -0.39 is 0 Å². The monoisotopic (exact) mass is 337 g/mol. The van der Waals surface area contributed by atoms with Crippen molar-refractivity contribution in [2.45, 2.75) is 44.9 Å². The molecule has 1 aliphatic rings.